The van der Waals surface area contributed by atoms with Crippen molar-refractivity contribution in [2.75, 3.05) is 6.54 Å². The van der Waals surface area contributed by atoms with Crippen LogP contribution in [0.4, 0.5) is 0 Å². The summed E-state index contributed by atoms with van der Waals surface area (Å²) >= 11 is 1.73. The van der Waals surface area contributed by atoms with Gasteiger partial charge in [0.15, 0.2) is 0 Å². The Morgan fingerprint density at radius 3 is 2.91 bits per heavy atom. The third-order valence-electron chi connectivity index (χ3n) is 4.41. The molecule has 4 nitrogen and oxygen atoms in total. The number of hydrogen-bond donors (Lipinski definition) is 1. The summed E-state index contributed by atoms with van der Waals surface area (Å²) in [5.41, 5.74) is 4.42. The fraction of sp³-hybridized carbons (Fsp3) is 0.647. The Morgan fingerprint density at radius 1 is 1.41 bits per heavy atom. The van der Waals surface area contributed by atoms with Crippen LogP contribution in [0.5, 0.6) is 0 Å². The van der Waals surface area contributed by atoms with Crippen LogP contribution in [0.3, 0.4) is 0 Å². The number of nitrogens with one attached hydrogen (secondary N) is 1. The molecule has 0 bridgehead atoms. The number of hydrogen-bond acceptors (Lipinski definition) is 4. The smallest absolute Gasteiger partial charge is 0.113 e. The zero-order valence-corrected chi connectivity index (χ0v) is 14.8. The van der Waals surface area contributed by atoms with E-state index >= 15 is 0 Å². The minimum absolute atomic E-state index is 0.127. The number of aryl methyl sites for hydroxylation is 2. The number of thiazole rings is 1. The molecule has 1 N–H and O–H groups in total. The fourth-order valence-corrected chi connectivity index (χ4v) is 3.73. The van der Waals surface area contributed by atoms with Gasteiger partial charge in [-0.25, -0.2) is 9.97 Å². The van der Waals surface area contributed by atoms with Crippen LogP contribution < -0.4 is 5.32 Å². The topological polar surface area (TPSA) is 42.7 Å². The largest absolute Gasteiger partial charge is 0.334 e. The van der Waals surface area contributed by atoms with Crippen molar-refractivity contribution in [1.29, 1.82) is 0 Å². The highest BCUT2D eigenvalue weighted by Gasteiger charge is 2.26. The lowest BCUT2D eigenvalue weighted by molar-refractivity contribution is 0.423. The van der Waals surface area contributed by atoms with Gasteiger partial charge in [-0.15, -0.1) is 11.3 Å². The minimum atomic E-state index is 0.127. The van der Waals surface area contributed by atoms with Crippen molar-refractivity contribution in [3.63, 3.8) is 0 Å². The zero-order valence-electron chi connectivity index (χ0n) is 14.0. The molecule has 22 heavy (non-hydrogen) atoms. The number of rotatable bonds is 4. The van der Waals surface area contributed by atoms with E-state index in [2.05, 4.69) is 48.8 Å². The van der Waals surface area contributed by atoms with Crippen molar-refractivity contribution in [1.82, 2.24) is 19.9 Å². The van der Waals surface area contributed by atoms with E-state index in [0.717, 1.165) is 25.3 Å². The van der Waals surface area contributed by atoms with Gasteiger partial charge in [-0.1, -0.05) is 20.8 Å². The first-order chi connectivity index (χ1) is 10.4. The fourth-order valence-electron chi connectivity index (χ4n) is 2.98. The molecule has 0 unspecified atom stereocenters. The Hall–Kier alpha value is -1.20. The lowest BCUT2D eigenvalue weighted by atomic mass is 9.93. The molecule has 0 saturated carbocycles. The van der Waals surface area contributed by atoms with Gasteiger partial charge in [0.2, 0.25) is 0 Å². The molecule has 0 aliphatic carbocycles. The van der Waals surface area contributed by atoms with Crippen LogP contribution in [0.25, 0.3) is 0 Å². The third kappa shape index (κ3) is 3.25. The van der Waals surface area contributed by atoms with Gasteiger partial charge in [0.05, 0.1) is 16.9 Å². The first-order valence-corrected chi connectivity index (χ1v) is 9.00. The molecule has 0 aromatic carbocycles. The van der Waals surface area contributed by atoms with E-state index in [4.69, 9.17) is 4.98 Å². The molecule has 3 rings (SSSR count). The van der Waals surface area contributed by atoms with Crippen LogP contribution in [0.1, 0.15) is 61.6 Å². The van der Waals surface area contributed by atoms with Crippen LogP contribution in [0, 0.1) is 6.92 Å². The number of imidazole rings is 1. The van der Waals surface area contributed by atoms with Crippen molar-refractivity contribution >= 4 is 11.3 Å². The molecule has 0 amide bonds. The van der Waals surface area contributed by atoms with E-state index in [0.29, 0.717) is 5.92 Å². The Bertz CT molecular complexity index is 635. The van der Waals surface area contributed by atoms with Gasteiger partial charge in [-0.2, -0.15) is 0 Å². The van der Waals surface area contributed by atoms with Gasteiger partial charge < -0.3 is 9.88 Å². The van der Waals surface area contributed by atoms with Crippen molar-refractivity contribution in [2.24, 2.45) is 0 Å². The molecule has 120 valence electrons. The second-order valence-corrected chi connectivity index (χ2v) is 8.20. The first kappa shape index (κ1) is 15.7. The number of aromatic nitrogens is 3. The maximum absolute atomic E-state index is 4.95. The molecule has 0 saturated heterocycles. The quantitative estimate of drug-likeness (QED) is 0.936. The second kappa shape index (κ2) is 6.13. The molecule has 0 fully saturated rings. The number of fused-ring (bicyclic) bond motifs is 1. The van der Waals surface area contributed by atoms with Crippen LogP contribution in [-0.2, 0) is 18.5 Å². The van der Waals surface area contributed by atoms with Crippen LogP contribution in [0.2, 0.25) is 0 Å². The molecule has 2 aromatic heterocycles. The van der Waals surface area contributed by atoms with Gasteiger partial charge in [0, 0.05) is 42.0 Å². The summed E-state index contributed by atoms with van der Waals surface area (Å²) in [6.45, 7) is 11.8. The van der Waals surface area contributed by atoms with E-state index in [1.54, 1.807) is 11.3 Å². The summed E-state index contributed by atoms with van der Waals surface area (Å²) in [7, 11) is 0. The molecule has 1 atom stereocenters. The second-order valence-electron chi connectivity index (χ2n) is 7.26. The molecular formula is C17H26N4S. The Balaban J connectivity index is 1.67. The molecule has 3 heterocycles. The summed E-state index contributed by atoms with van der Waals surface area (Å²) in [4.78, 5) is 10.6. The lowest BCUT2D eigenvalue weighted by Crippen LogP contribution is -2.26. The van der Waals surface area contributed by atoms with E-state index in [1.165, 1.54) is 29.2 Å². The summed E-state index contributed by atoms with van der Waals surface area (Å²) < 4.78 is 2.37. The van der Waals surface area contributed by atoms with Crippen LogP contribution in [-0.4, -0.2) is 21.1 Å². The Labute approximate surface area is 137 Å². The number of nitrogens with zero attached hydrogens (tertiary/aromatic N) is 3. The average Bonchev–Trinajstić information content (AvgIpc) is 3.05. The van der Waals surface area contributed by atoms with E-state index in [1.807, 2.05) is 5.51 Å². The van der Waals surface area contributed by atoms with Gasteiger partial charge in [-0.05, 0) is 19.8 Å². The highest BCUT2D eigenvalue weighted by Crippen LogP contribution is 2.30. The first-order valence-electron chi connectivity index (χ1n) is 8.12. The summed E-state index contributed by atoms with van der Waals surface area (Å²) in [6, 6.07) is 0. The van der Waals surface area contributed by atoms with Gasteiger partial charge in [0.25, 0.3) is 0 Å². The van der Waals surface area contributed by atoms with Crippen molar-refractivity contribution < 1.29 is 0 Å². The van der Waals surface area contributed by atoms with Crippen molar-refractivity contribution in [2.45, 2.75) is 65.0 Å². The molecular weight excluding hydrogens is 292 g/mol. The predicted octanol–water partition coefficient (Wildman–Crippen LogP) is 3.61. The van der Waals surface area contributed by atoms with Crippen molar-refractivity contribution in [3.05, 3.63) is 33.8 Å². The maximum atomic E-state index is 4.95. The highest BCUT2D eigenvalue weighted by atomic mass is 32.1. The Kier molecular flexibility index (Phi) is 4.37. The summed E-state index contributed by atoms with van der Waals surface area (Å²) in [5, 5.41) is 3.60. The standard InChI is InChI=1S/C17H26N4S/c1-12-14(22-11-19-12)9-18-8-13-6-5-7-21-10-15(17(2,3)4)20-16(13)21/h10-11,13,18H,5-9H2,1-4H3/t13-/m1/s1. The average molecular weight is 318 g/mol. The molecule has 2 aromatic rings. The SMILES string of the molecule is Cc1ncsc1CNC[C@H]1CCCn2cc(C(C)(C)C)nc21. The van der Waals surface area contributed by atoms with Gasteiger partial charge in [-0.3, -0.25) is 0 Å². The molecule has 1 aliphatic heterocycles. The molecule has 0 spiro atoms. The van der Waals surface area contributed by atoms with Gasteiger partial charge >= 0.3 is 0 Å². The summed E-state index contributed by atoms with van der Waals surface area (Å²) in [5.74, 6) is 1.79. The summed E-state index contributed by atoms with van der Waals surface area (Å²) in [6.07, 6.45) is 4.74. The Morgan fingerprint density at radius 2 is 2.23 bits per heavy atom. The lowest BCUT2D eigenvalue weighted by Gasteiger charge is -2.23. The van der Waals surface area contributed by atoms with Gasteiger partial charge in [0.1, 0.15) is 5.82 Å². The highest BCUT2D eigenvalue weighted by molar-refractivity contribution is 7.09. The normalized spacial score (nSPS) is 18.5. The minimum Gasteiger partial charge on any atom is -0.334 e. The zero-order chi connectivity index (χ0) is 15.7. The third-order valence-corrected chi connectivity index (χ3v) is 5.35. The maximum Gasteiger partial charge on any atom is 0.113 e. The molecule has 5 heteroatoms. The van der Waals surface area contributed by atoms with E-state index in [9.17, 15) is 0 Å². The van der Waals surface area contributed by atoms with Crippen LogP contribution >= 0.6 is 11.3 Å². The van der Waals surface area contributed by atoms with Crippen LogP contribution in [0.15, 0.2) is 11.7 Å². The molecule has 1 aliphatic rings. The van der Waals surface area contributed by atoms with E-state index in [-0.39, 0.29) is 5.41 Å². The van der Waals surface area contributed by atoms with Crippen molar-refractivity contribution in [3.8, 4) is 0 Å². The predicted molar refractivity (Wildman–Crippen MR) is 91.5 cm³/mol. The molecule has 0 radical (unpaired) electrons. The monoisotopic (exact) mass is 318 g/mol. The van der Waals surface area contributed by atoms with E-state index < -0.39 is 0 Å².